The lowest BCUT2D eigenvalue weighted by Crippen LogP contribution is -2.26. The van der Waals surface area contributed by atoms with Crippen LogP contribution in [0.4, 0.5) is 4.79 Å². The Morgan fingerprint density at radius 2 is 2.31 bits per heavy atom. The molecule has 1 aliphatic heterocycles. The Bertz CT molecular complexity index is 469. The van der Waals surface area contributed by atoms with Crippen LogP contribution in [0.5, 0.6) is 0 Å². The quantitative estimate of drug-likeness (QED) is 0.741. The van der Waals surface area contributed by atoms with Gasteiger partial charge in [0.1, 0.15) is 0 Å². The van der Waals surface area contributed by atoms with Gasteiger partial charge in [-0.2, -0.15) is 5.26 Å². The van der Waals surface area contributed by atoms with Crippen molar-refractivity contribution < 1.29 is 4.79 Å². The summed E-state index contributed by atoms with van der Waals surface area (Å²) < 4.78 is 0.973. The maximum Gasteiger partial charge on any atom is 0.333 e. The summed E-state index contributed by atoms with van der Waals surface area (Å²) in [6.45, 7) is 0.419. The fourth-order valence-corrected chi connectivity index (χ4v) is 2.24. The van der Waals surface area contributed by atoms with Gasteiger partial charge in [0.2, 0.25) is 0 Å². The lowest BCUT2D eigenvalue weighted by atomic mass is 10.1. The van der Waals surface area contributed by atoms with E-state index in [0.29, 0.717) is 6.54 Å². The second kappa shape index (κ2) is 4.14. The zero-order chi connectivity index (χ0) is 11.7. The van der Waals surface area contributed by atoms with Gasteiger partial charge in [-0.1, -0.05) is 28.1 Å². The predicted molar refractivity (Wildman–Crippen MR) is 62.4 cm³/mol. The van der Waals surface area contributed by atoms with Crippen LogP contribution < -0.4 is 0 Å². The number of urea groups is 1. The molecular formula is C11H10BrN3O. The van der Waals surface area contributed by atoms with Gasteiger partial charge in [0.25, 0.3) is 0 Å². The molecule has 1 aromatic carbocycles. The molecule has 1 aliphatic rings. The van der Waals surface area contributed by atoms with Crippen LogP contribution in [0.3, 0.4) is 0 Å². The highest BCUT2D eigenvalue weighted by Gasteiger charge is 2.35. The molecule has 5 heteroatoms. The van der Waals surface area contributed by atoms with Crippen molar-refractivity contribution >= 4 is 22.0 Å². The lowest BCUT2D eigenvalue weighted by molar-refractivity contribution is 0.205. The molecule has 1 atom stereocenters. The summed E-state index contributed by atoms with van der Waals surface area (Å²) >= 11 is 3.39. The number of nitriles is 1. The van der Waals surface area contributed by atoms with Gasteiger partial charge < -0.3 is 4.90 Å². The maximum atomic E-state index is 11.6. The molecule has 0 bridgehead atoms. The van der Waals surface area contributed by atoms with E-state index >= 15 is 0 Å². The predicted octanol–water partition coefficient (Wildman–Crippen LogP) is 2.34. The lowest BCUT2D eigenvalue weighted by Gasteiger charge is -2.17. The molecule has 0 N–H and O–H groups in total. The summed E-state index contributed by atoms with van der Waals surface area (Å²) in [5.41, 5.74) is 1.03. The van der Waals surface area contributed by atoms with E-state index in [-0.39, 0.29) is 12.1 Å². The van der Waals surface area contributed by atoms with Crippen LogP contribution in [0.2, 0.25) is 0 Å². The molecule has 2 rings (SSSR count). The van der Waals surface area contributed by atoms with Gasteiger partial charge >= 0.3 is 6.03 Å². The third kappa shape index (κ3) is 1.76. The first-order valence-electron chi connectivity index (χ1n) is 4.83. The number of carbonyl (C=O) groups is 1. The second-order valence-electron chi connectivity index (χ2n) is 3.67. The first-order valence-corrected chi connectivity index (χ1v) is 5.62. The number of carbonyl (C=O) groups excluding carboxylic acids is 1. The van der Waals surface area contributed by atoms with Crippen molar-refractivity contribution in [3.63, 3.8) is 0 Å². The van der Waals surface area contributed by atoms with Gasteiger partial charge in [-0.05, 0) is 17.7 Å². The average molecular weight is 280 g/mol. The van der Waals surface area contributed by atoms with E-state index in [4.69, 9.17) is 5.26 Å². The van der Waals surface area contributed by atoms with Gasteiger partial charge in [0, 0.05) is 11.5 Å². The topological polar surface area (TPSA) is 47.3 Å². The number of nitrogens with zero attached hydrogens (tertiary/aromatic N) is 3. The van der Waals surface area contributed by atoms with E-state index in [1.54, 1.807) is 11.9 Å². The Morgan fingerprint density at radius 3 is 2.88 bits per heavy atom. The van der Waals surface area contributed by atoms with Crippen molar-refractivity contribution in [1.82, 2.24) is 9.80 Å². The molecule has 1 saturated heterocycles. The Hall–Kier alpha value is -1.54. The minimum absolute atomic E-state index is 0.0513. The van der Waals surface area contributed by atoms with Gasteiger partial charge in [0.05, 0.1) is 12.6 Å². The van der Waals surface area contributed by atoms with Crippen LogP contribution in [0.25, 0.3) is 0 Å². The van der Waals surface area contributed by atoms with Crippen LogP contribution >= 0.6 is 15.9 Å². The number of halogens is 1. The summed E-state index contributed by atoms with van der Waals surface area (Å²) in [6.07, 6.45) is 1.89. The smallest absolute Gasteiger partial charge is 0.318 e. The molecule has 0 radical (unpaired) electrons. The molecule has 1 aromatic rings. The Balaban J connectivity index is 2.30. The van der Waals surface area contributed by atoms with Gasteiger partial charge in [-0.3, -0.25) is 0 Å². The zero-order valence-corrected chi connectivity index (χ0v) is 10.3. The van der Waals surface area contributed by atoms with Crippen molar-refractivity contribution in [3.05, 3.63) is 34.3 Å². The third-order valence-corrected chi connectivity index (χ3v) is 3.20. The van der Waals surface area contributed by atoms with Crippen LogP contribution in [0.15, 0.2) is 28.7 Å². The summed E-state index contributed by atoms with van der Waals surface area (Å²) in [7, 11) is 1.71. The van der Waals surface area contributed by atoms with E-state index in [2.05, 4.69) is 15.9 Å². The highest BCUT2D eigenvalue weighted by Crippen LogP contribution is 2.28. The Morgan fingerprint density at radius 1 is 1.56 bits per heavy atom. The first-order chi connectivity index (χ1) is 7.63. The van der Waals surface area contributed by atoms with Crippen molar-refractivity contribution in [1.29, 1.82) is 5.26 Å². The molecule has 0 aliphatic carbocycles. The molecule has 4 nitrogen and oxygen atoms in total. The van der Waals surface area contributed by atoms with Crippen LogP contribution in [-0.2, 0) is 0 Å². The Kier molecular flexibility index (Phi) is 2.84. The molecule has 16 heavy (non-hydrogen) atoms. The minimum atomic E-state index is -0.243. The maximum absolute atomic E-state index is 11.6. The number of amides is 2. The van der Waals surface area contributed by atoms with Gasteiger partial charge in [0.15, 0.2) is 6.19 Å². The molecule has 1 heterocycles. The highest BCUT2D eigenvalue weighted by molar-refractivity contribution is 9.10. The molecular weight excluding hydrogens is 270 g/mol. The summed E-state index contributed by atoms with van der Waals surface area (Å²) in [6, 6.07) is 7.49. The standard InChI is InChI=1S/C11H10BrN3O/c1-14-10(6-15(7-13)11(14)16)8-3-2-4-9(12)5-8/h2-5,10H,6H2,1H3. The van der Waals surface area contributed by atoms with Crippen LogP contribution in [0, 0.1) is 11.5 Å². The number of rotatable bonds is 1. The Labute approximate surface area is 102 Å². The highest BCUT2D eigenvalue weighted by atomic mass is 79.9. The number of hydrogen-bond donors (Lipinski definition) is 0. The minimum Gasteiger partial charge on any atom is -0.318 e. The van der Waals surface area contributed by atoms with Crippen LogP contribution in [-0.4, -0.2) is 29.4 Å². The molecule has 0 aromatic heterocycles. The van der Waals surface area contributed by atoms with Crippen molar-refractivity contribution in [3.8, 4) is 6.19 Å². The van der Waals surface area contributed by atoms with E-state index in [1.807, 2.05) is 30.5 Å². The second-order valence-corrected chi connectivity index (χ2v) is 4.59. The third-order valence-electron chi connectivity index (χ3n) is 2.71. The molecule has 82 valence electrons. The zero-order valence-electron chi connectivity index (χ0n) is 8.72. The largest absolute Gasteiger partial charge is 0.333 e. The fourth-order valence-electron chi connectivity index (χ4n) is 1.82. The summed E-state index contributed by atoms with van der Waals surface area (Å²) in [5, 5.41) is 8.79. The molecule has 1 fully saturated rings. The first kappa shape index (κ1) is 11.0. The summed E-state index contributed by atoms with van der Waals surface area (Å²) in [5.74, 6) is 0. The van der Waals surface area contributed by atoms with Crippen molar-refractivity contribution in [2.45, 2.75) is 6.04 Å². The average Bonchev–Trinajstić information content (AvgIpc) is 2.56. The molecule has 0 spiro atoms. The van der Waals surface area contributed by atoms with E-state index in [0.717, 1.165) is 10.0 Å². The van der Waals surface area contributed by atoms with Crippen molar-refractivity contribution in [2.75, 3.05) is 13.6 Å². The van der Waals surface area contributed by atoms with Crippen molar-refractivity contribution in [2.24, 2.45) is 0 Å². The van der Waals surface area contributed by atoms with E-state index < -0.39 is 0 Å². The van der Waals surface area contributed by atoms with Gasteiger partial charge in [-0.25, -0.2) is 9.69 Å². The fraction of sp³-hybridized carbons (Fsp3) is 0.273. The normalized spacial score (nSPS) is 20.1. The molecule has 1 unspecified atom stereocenters. The molecule has 0 saturated carbocycles. The van der Waals surface area contributed by atoms with E-state index in [1.165, 1.54) is 4.90 Å². The monoisotopic (exact) mass is 279 g/mol. The SMILES string of the molecule is CN1C(=O)N(C#N)CC1c1cccc(Br)c1. The van der Waals surface area contributed by atoms with E-state index in [9.17, 15) is 4.79 Å². The van der Waals surface area contributed by atoms with Gasteiger partial charge in [-0.15, -0.1) is 0 Å². The number of likely N-dealkylation sites (N-methyl/N-ethyl adjacent to an activating group) is 1. The van der Waals surface area contributed by atoms with Crippen LogP contribution in [0.1, 0.15) is 11.6 Å². The summed E-state index contributed by atoms with van der Waals surface area (Å²) in [4.78, 5) is 14.4. The molecule has 2 amide bonds. The number of hydrogen-bond acceptors (Lipinski definition) is 2. The number of benzene rings is 1.